The number of pyridine rings is 1. The van der Waals surface area contributed by atoms with E-state index in [1.54, 1.807) is 48.5 Å². The fourth-order valence-electron chi connectivity index (χ4n) is 2.64. The second-order valence-corrected chi connectivity index (χ2v) is 6.29. The summed E-state index contributed by atoms with van der Waals surface area (Å²) in [7, 11) is 0. The topological polar surface area (TPSA) is 124 Å². The predicted octanol–water partition coefficient (Wildman–Crippen LogP) is 3.42. The lowest BCUT2D eigenvalue weighted by Crippen LogP contribution is -2.17. The number of anilines is 3. The third kappa shape index (κ3) is 5.27. The van der Waals surface area contributed by atoms with Crippen molar-refractivity contribution in [2.75, 3.05) is 16.0 Å². The number of aromatic nitrogens is 1. The molecule has 0 spiro atoms. The minimum atomic E-state index is -0.504. The SMILES string of the molecule is CC(=O)Nc1cccc(NC(=O)c2cc(C(=O)Nc3cccc(C#N)c3)ccn2)c1. The van der Waals surface area contributed by atoms with Crippen LogP contribution in [0.4, 0.5) is 17.1 Å². The van der Waals surface area contributed by atoms with Crippen molar-refractivity contribution in [3.05, 3.63) is 83.7 Å². The molecule has 3 amide bonds. The van der Waals surface area contributed by atoms with Gasteiger partial charge < -0.3 is 16.0 Å². The largest absolute Gasteiger partial charge is 0.326 e. The van der Waals surface area contributed by atoms with Crippen molar-refractivity contribution in [3.63, 3.8) is 0 Å². The summed E-state index contributed by atoms with van der Waals surface area (Å²) < 4.78 is 0. The van der Waals surface area contributed by atoms with Crippen LogP contribution in [0.2, 0.25) is 0 Å². The van der Waals surface area contributed by atoms with Crippen LogP contribution in [0.3, 0.4) is 0 Å². The molecule has 0 saturated heterocycles. The van der Waals surface area contributed by atoms with Gasteiger partial charge in [0, 0.05) is 35.7 Å². The number of benzene rings is 2. The molecule has 1 aromatic heterocycles. The Morgan fingerprint density at radius 2 is 1.47 bits per heavy atom. The van der Waals surface area contributed by atoms with Gasteiger partial charge in [-0.25, -0.2) is 0 Å². The van der Waals surface area contributed by atoms with Gasteiger partial charge in [0.1, 0.15) is 5.69 Å². The number of nitriles is 1. The molecule has 3 N–H and O–H groups in total. The van der Waals surface area contributed by atoms with Crippen LogP contribution in [-0.2, 0) is 4.79 Å². The monoisotopic (exact) mass is 399 g/mol. The maximum atomic E-state index is 12.5. The maximum Gasteiger partial charge on any atom is 0.274 e. The van der Waals surface area contributed by atoms with Crippen molar-refractivity contribution in [1.29, 1.82) is 5.26 Å². The first-order valence-corrected chi connectivity index (χ1v) is 8.91. The van der Waals surface area contributed by atoms with Crippen LogP contribution in [0, 0.1) is 11.3 Å². The lowest BCUT2D eigenvalue weighted by atomic mass is 10.1. The average Bonchev–Trinajstić information content (AvgIpc) is 2.73. The van der Waals surface area contributed by atoms with Crippen LogP contribution in [0.5, 0.6) is 0 Å². The third-order valence-corrected chi connectivity index (χ3v) is 3.95. The number of rotatable bonds is 5. The van der Waals surface area contributed by atoms with Gasteiger partial charge in [-0.2, -0.15) is 5.26 Å². The van der Waals surface area contributed by atoms with Crippen molar-refractivity contribution in [2.45, 2.75) is 6.92 Å². The highest BCUT2D eigenvalue weighted by molar-refractivity contribution is 6.08. The number of hydrogen-bond acceptors (Lipinski definition) is 5. The van der Waals surface area contributed by atoms with Crippen molar-refractivity contribution < 1.29 is 14.4 Å². The molecule has 30 heavy (non-hydrogen) atoms. The zero-order valence-corrected chi connectivity index (χ0v) is 16.0. The minimum absolute atomic E-state index is 0.0540. The number of nitrogens with one attached hydrogen (secondary N) is 3. The zero-order valence-electron chi connectivity index (χ0n) is 16.0. The molecule has 1 heterocycles. The van der Waals surface area contributed by atoms with E-state index in [1.165, 1.54) is 25.3 Å². The first kappa shape index (κ1) is 20.2. The molecule has 2 aromatic carbocycles. The van der Waals surface area contributed by atoms with Crippen LogP contribution in [-0.4, -0.2) is 22.7 Å². The van der Waals surface area contributed by atoms with Gasteiger partial charge in [-0.3, -0.25) is 19.4 Å². The molecule has 0 aliphatic carbocycles. The van der Waals surface area contributed by atoms with E-state index in [9.17, 15) is 14.4 Å². The van der Waals surface area contributed by atoms with E-state index < -0.39 is 11.8 Å². The van der Waals surface area contributed by atoms with Gasteiger partial charge in [-0.05, 0) is 48.5 Å². The first-order valence-electron chi connectivity index (χ1n) is 8.91. The van der Waals surface area contributed by atoms with Crippen molar-refractivity contribution >= 4 is 34.8 Å². The summed E-state index contributed by atoms with van der Waals surface area (Å²) in [5, 5.41) is 17.0. The Morgan fingerprint density at radius 3 is 2.17 bits per heavy atom. The molecule has 0 aliphatic heterocycles. The summed E-state index contributed by atoms with van der Waals surface area (Å²) in [6, 6.07) is 18.0. The van der Waals surface area contributed by atoms with Gasteiger partial charge in [-0.15, -0.1) is 0 Å². The summed E-state index contributed by atoms with van der Waals surface area (Å²) in [4.78, 5) is 40.2. The maximum absolute atomic E-state index is 12.5. The van der Waals surface area contributed by atoms with E-state index in [4.69, 9.17) is 5.26 Å². The summed E-state index contributed by atoms with van der Waals surface area (Å²) in [5.74, 6) is -1.16. The van der Waals surface area contributed by atoms with Crippen LogP contribution in [0.1, 0.15) is 33.3 Å². The van der Waals surface area contributed by atoms with E-state index in [0.717, 1.165) is 0 Å². The highest BCUT2D eigenvalue weighted by atomic mass is 16.2. The van der Waals surface area contributed by atoms with Gasteiger partial charge in [-0.1, -0.05) is 12.1 Å². The molecule has 3 rings (SSSR count). The Balaban J connectivity index is 1.73. The fourth-order valence-corrected chi connectivity index (χ4v) is 2.64. The second-order valence-electron chi connectivity index (χ2n) is 6.29. The smallest absolute Gasteiger partial charge is 0.274 e. The molecule has 8 heteroatoms. The molecular formula is C22H17N5O3. The van der Waals surface area contributed by atoms with Crippen molar-refractivity contribution in [3.8, 4) is 6.07 Å². The van der Waals surface area contributed by atoms with E-state index in [2.05, 4.69) is 20.9 Å². The van der Waals surface area contributed by atoms with Gasteiger partial charge in [0.05, 0.1) is 11.6 Å². The average molecular weight is 399 g/mol. The minimum Gasteiger partial charge on any atom is -0.326 e. The quantitative estimate of drug-likeness (QED) is 0.606. The van der Waals surface area contributed by atoms with Gasteiger partial charge in [0.25, 0.3) is 11.8 Å². The predicted molar refractivity (Wildman–Crippen MR) is 112 cm³/mol. The summed E-state index contributed by atoms with van der Waals surface area (Å²) in [6.07, 6.45) is 1.36. The summed E-state index contributed by atoms with van der Waals surface area (Å²) >= 11 is 0. The van der Waals surface area contributed by atoms with Crippen LogP contribution >= 0.6 is 0 Å². The Bertz CT molecular complexity index is 1170. The standard InChI is InChI=1S/C22H17N5O3/c1-14(28)25-18-6-3-7-19(12-18)27-22(30)20-11-16(8-9-24-20)21(29)26-17-5-2-4-15(10-17)13-23/h2-12H,1H3,(H,25,28)(H,26,29)(H,27,30). The Hall–Kier alpha value is -4.51. The highest BCUT2D eigenvalue weighted by Gasteiger charge is 2.13. The number of nitrogens with zero attached hydrogens (tertiary/aromatic N) is 2. The van der Waals surface area contributed by atoms with E-state index >= 15 is 0 Å². The molecule has 8 nitrogen and oxygen atoms in total. The molecule has 0 atom stereocenters. The zero-order chi connectivity index (χ0) is 21.5. The highest BCUT2D eigenvalue weighted by Crippen LogP contribution is 2.16. The Morgan fingerprint density at radius 1 is 0.833 bits per heavy atom. The summed E-state index contributed by atoms with van der Waals surface area (Å²) in [5.41, 5.74) is 2.20. The fraction of sp³-hybridized carbons (Fsp3) is 0.0455. The molecule has 0 bridgehead atoms. The molecule has 148 valence electrons. The molecule has 0 fully saturated rings. The summed E-state index contributed by atoms with van der Waals surface area (Å²) in [6.45, 7) is 1.39. The number of hydrogen-bond donors (Lipinski definition) is 3. The van der Waals surface area contributed by atoms with Crippen molar-refractivity contribution in [1.82, 2.24) is 4.98 Å². The second kappa shape index (κ2) is 9.12. The van der Waals surface area contributed by atoms with Crippen LogP contribution in [0.25, 0.3) is 0 Å². The molecule has 0 unspecified atom stereocenters. The van der Waals surface area contributed by atoms with E-state index in [1.807, 2.05) is 6.07 Å². The molecule has 0 saturated carbocycles. The lowest BCUT2D eigenvalue weighted by Gasteiger charge is -2.09. The molecule has 0 aliphatic rings. The van der Waals surface area contributed by atoms with Gasteiger partial charge in [0.2, 0.25) is 5.91 Å². The van der Waals surface area contributed by atoms with Crippen molar-refractivity contribution in [2.24, 2.45) is 0 Å². The number of carbonyl (C=O) groups is 3. The normalized spacial score (nSPS) is 9.87. The third-order valence-electron chi connectivity index (χ3n) is 3.95. The molecular weight excluding hydrogens is 382 g/mol. The molecule has 0 radical (unpaired) electrons. The first-order chi connectivity index (χ1) is 14.4. The number of carbonyl (C=O) groups excluding carboxylic acids is 3. The van der Waals surface area contributed by atoms with E-state index in [-0.39, 0.29) is 17.2 Å². The van der Waals surface area contributed by atoms with Crippen LogP contribution in [0.15, 0.2) is 66.9 Å². The Kier molecular flexibility index (Phi) is 6.15. The van der Waals surface area contributed by atoms with E-state index in [0.29, 0.717) is 22.6 Å². The van der Waals surface area contributed by atoms with Gasteiger partial charge >= 0.3 is 0 Å². The number of amides is 3. The molecule has 3 aromatic rings. The Labute approximate surface area is 172 Å². The van der Waals surface area contributed by atoms with Gasteiger partial charge in [0.15, 0.2) is 0 Å². The van der Waals surface area contributed by atoms with Crippen LogP contribution < -0.4 is 16.0 Å². The lowest BCUT2D eigenvalue weighted by molar-refractivity contribution is -0.114.